The summed E-state index contributed by atoms with van der Waals surface area (Å²) < 4.78 is 5.33. The number of carbonyl (C=O) groups is 1. The molecular weight excluding hydrogens is 394 g/mol. The van der Waals surface area contributed by atoms with Gasteiger partial charge in [-0.15, -0.1) is 0 Å². The summed E-state index contributed by atoms with van der Waals surface area (Å²) in [7, 11) is 1.88. The van der Waals surface area contributed by atoms with Crippen molar-refractivity contribution in [2.45, 2.75) is 6.92 Å². The molecule has 0 bridgehead atoms. The molecule has 2 aromatic rings. The highest BCUT2D eigenvalue weighted by atomic mass is 16.5. The van der Waals surface area contributed by atoms with Crippen LogP contribution in [0.2, 0.25) is 0 Å². The van der Waals surface area contributed by atoms with Crippen molar-refractivity contribution in [3.8, 4) is 17.0 Å². The van der Waals surface area contributed by atoms with E-state index in [1.165, 1.54) is 6.21 Å². The van der Waals surface area contributed by atoms with E-state index in [0.717, 1.165) is 61.1 Å². The average Bonchev–Trinajstić information content (AvgIpc) is 2.81. The molecule has 0 spiro atoms. The smallest absolute Gasteiger partial charge is 0.255 e. The van der Waals surface area contributed by atoms with E-state index >= 15 is 0 Å². The number of piperazine rings is 1. The van der Waals surface area contributed by atoms with Crippen molar-refractivity contribution < 1.29 is 9.53 Å². The standard InChI is InChI=1S/C22H29N7O2/c1-16(25-2)18(13-23)14-28-9-11-29(12-10-28)22-21(26-7-8-27-22)17-3-5-19(6-4-17)31-15-20(24)30/h3-8,13,23,25H,9-12,14-15H2,1-2H3,(H2,24,30)/b18-16+,23-13?. The van der Waals surface area contributed by atoms with Gasteiger partial charge in [-0.2, -0.15) is 0 Å². The fourth-order valence-electron chi connectivity index (χ4n) is 3.42. The highest BCUT2D eigenvalue weighted by molar-refractivity contribution is 5.77. The van der Waals surface area contributed by atoms with E-state index in [-0.39, 0.29) is 6.61 Å². The number of nitrogens with zero attached hydrogens (tertiary/aromatic N) is 4. The molecule has 0 atom stereocenters. The molecule has 31 heavy (non-hydrogen) atoms. The number of amides is 1. The molecule has 1 fully saturated rings. The first-order valence-corrected chi connectivity index (χ1v) is 10.2. The van der Waals surface area contributed by atoms with E-state index in [0.29, 0.717) is 5.75 Å². The predicted octanol–water partition coefficient (Wildman–Crippen LogP) is 1.27. The van der Waals surface area contributed by atoms with Crippen LogP contribution in [0, 0.1) is 5.41 Å². The molecule has 1 aliphatic rings. The second-order valence-electron chi connectivity index (χ2n) is 7.32. The lowest BCUT2D eigenvalue weighted by molar-refractivity contribution is -0.119. The molecule has 0 aliphatic carbocycles. The van der Waals surface area contributed by atoms with E-state index in [1.807, 2.05) is 26.1 Å². The van der Waals surface area contributed by atoms with E-state index in [1.54, 1.807) is 24.5 Å². The topological polar surface area (TPSA) is 120 Å². The second-order valence-corrected chi connectivity index (χ2v) is 7.32. The Morgan fingerprint density at radius 1 is 1.19 bits per heavy atom. The highest BCUT2D eigenvalue weighted by Crippen LogP contribution is 2.28. The third-order valence-electron chi connectivity index (χ3n) is 5.28. The van der Waals surface area contributed by atoms with Crippen LogP contribution in [-0.2, 0) is 4.79 Å². The number of carbonyl (C=O) groups excluding carboxylic acids is 1. The number of rotatable bonds is 9. The summed E-state index contributed by atoms with van der Waals surface area (Å²) in [5.74, 6) is 0.916. The molecule has 1 saturated heterocycles. The molecule has 164 valence electrons. The summed E-state index contributed by atoms with van der Waals surface area (Å²) in [6.45, 7) is 6.01. The summed E-state index contributed by atoms with van der Waals surface area (Å²) in [4.78, 5) is 24.6. The summed E-state index contributed by atoms with van der Waals surface area (Å²) in [6, 6.07) is 7.40. The monoisotopic (exact) mass is 423 g/mol. The normalized spacial score (nSPS) is 15.2. The molecule has 9 heteroatoms. The number of aromatic nitrogens is 2. The Balaban J connectivity index is 1.69. The fourth-order valence-corrected chi connectivity index (χ4v) is 3.42. The highest BCUT2D eigenvalue weighted by Gasteiger charge is 2.22. The molecule has 3 rings (SSSR count). The predicted molar refractivity (Wildman–Crippen MR) is 121 cm³/mol. The van der Waals surface area contributed by atoms with E-state index in [2.05, 4.69) is 25.1 Å². The third-order valence-corrected chi connectivity index (χ3v) is 5.28. The minimum absolute atomic E-state index is 0.150. The van der Waals surface area contributed by atoms with E-state index < -0.39 is 5.91 Å². The number of ether oxygens (including phenoxy) is 1. The summed E-state index contributed by atoms with van der Waals surface area (Å²) >= 11 is 0. The molecular formula is C22H29N7O2. The van der Waals surface area contributed by atoms with Crippen LogP contribution in [0.4, 0.5) is 5.82 Å². The van der Waals surface area contributed by atoms with Crippen molar-refractivity contribution in [2.75, 3.05) is 51.3 Å². The van der Waals surface area contributed by atoms with E-state index in [4.69, 9.17) is 15.9 Å². The second kappa shape index (κ2) is 10.5. The van der Waals surface area contributed by atoms with Gasteiger partial charge in [-0.1, -0.05) is 0 Å². The van der Waals surface area contributed by atoms with E-state index in [9.17, 15) is 4.79 Å². The van der Waals surface area contributed by atoms with Gasteiger partial charge in [0, 0.05) is 75.2 Å². The Morgan fingerprint density at radius 2 is 1.87 bits per heavy atom. The number of nitrogens with one attached hydrogen (secondary N) is 2. The zero-order valence-corrected chi connectivity index (χ0v) is 18.0. The van der Waals surface area contributed by atoms with Gasteiger partial charge in [0.25, 0.3) is 5.91 Å². The number of benzene rings is 1. The van der Waals surface area contributed by atoms with Crippen LogP contribution in [0.15, 0.2) is 47.9 Å². The van der Waals surface area contributed by atoms with Crippen LogP contribution in [0.5, 0.6) is 5.75 Å². The van der Waals surface area contributed by atoms with Crippen molar-refractivity contribution in [1.82, 2.24) is 20.2 Å². The molecule has 1 aromatic carbocycles. The molecule has 1 aromatic heterocycles. The SMILES string of the molecule is CN/C(C)=C(\C=N)CN1CCN(c2nccnc2-c2ccc(OCC(N)=O)cc2)CC1. The maximum atomic E-state index is 10.9. The lowest BCUT2D eigenvalue weighted by atomic mass is 10.1. The van der Waals surface area contributed by atoms with Gasteiger partial charge < -0.3 is 26.1 Å². The average molecular weight is 424 g/mol. The summed E-state index contributed by atoms with van der Waals surface area (Å²) in [6.07, 6.45) is 4.83. The van der Waals surface area contributed by atoms with Crippen LogP contribution in [-0.4, -0.2) is 73.4 Å². The molecule has 0 unspecified atom stereocenters. The van der Waals surface area contributed by atoms with Crippen LogP contribution >= 0.6 is 0 Å². The van der Waals surface area contributed by atoms with Crippen molar-refractivity contribution in [3.63, 3.8) is 0 Å². The molecule has 2 heterocycles. The zero-order valence-electron chi connectivity index (χ0n) is 18.0. The first-order chi connectivity index (χ1) is 15.0. The van der Waals surface area contributed by atoms with Gasteiger partial charge in [0.1, 0.15) is 11.4 Å². The minimum atomic E-state index is -0.510. The molecule has 1 amide bonds. The molecule has 4 N–H and O–H groups in total. The molecule has 0 radical (unpaired) electrons. The minimum Gasteiger partial charge on any atom is -0.484 e. The number of primary amides is 1. The fraction of sp³-hybridized carbons (Fsp3) is 0.364. The lowest BCUT2D eigenvalue weighted by Gasteiger charge is -2.36. The molecule has 9 nitrogen and oxygen atoms in total. The third kappa shape index (κ3) is 5.79. The Kier molecular flexibility index (Phi) is 7.55. The summed E-state index contributed by atoms with van der Waals surface area (Å²) in [5, 5.41) is 10.8. The van der Waals surface area contributed by atoms with Crippen molar-refractivity contribution in [1.29, 1.82) is 5.41 Å². The first kappa shape index (κ1) is 22.2. The first-order valence-electron chi connectivity index (χ1n) is 10.2. The number of hydrogen-bond acceptors (Lipinski definition) is 8. The van der Waals surface area contributed by atoms with Gasteiger partial charge in [-0.25, -0.2) is 4.98 Å². The van der Waals surface area contributed by atoms with Gasteiger partial charge >= 0.3 is 0 Å². The van der Waals surface area contributed by atoms with Gasteiger partial charge in [0.05, 0.1) is 0 Å². The molecule has 1 aliphatic heterocycles. The van der Waals surface area contributed by atoms with Crippen molar-refractivity contribution in [2.24, 2.45) is 5.73 Å². The number of anilines is 1. The Labute approximate surface area is 182 Å². The van der Waals surface area contributed by atoms with Gasteiger partial charge in [-0.3, -0.25) is 14.7 Å². The quantitative estimate of drug-likeness (QED) is 0.520. The van der Waals surface area contributed by atoms with Crippen LogP contribution in [0.1, 0.15) is 6.92 Å². The number of nitrogens with two attached hydrogens (primary N) is 1. The zero-order chi connectivity index (χ0) is 22.2. The Bertz CT molecular complexity index is 935. The maximum Gasteiger partial charge on any atom is 0.255 e. The largest absolute Gasteiger partial charge is 0.484 e. The van der Waals surface area contributed by atoms with Crippen LogP contribution in [0.3, 0.4) is 0 Å². The number of allylic oxidation sites excluding steroid dienone is 1. The van der Waals surface area contributed by atoms with Gasteiger partial charge in [-0.05, 0) is 31.2 Å². The maximum absolute atomic E-state index is 10.9. The lowest BCUT2D eigenvalue weighted by Crippen LogP contribution is -2.47. The van der Waals surface area contributed by atoms with Crippen LogP contribution in [0.25, 0.3) is 11.3 Å². The van der Waals surface area contributed by atoms with Crippen LogP contribution < -0.4 is 20.7 Å². The Morgan fingerprint density at radius 3 is 2.48 bits per heavy atom. The Hall–Kier alpha value is -3.46. The summed E-state index contributed by atoms with van der Waals surface area (Å²) in [5.41, 5.74) is 8.88. The number of hydrogen-bond donors (Lipinski definition) is 3. The van der Waals surface area contributed by atoms with Gasteiger partial charge in [0.15, 0.2) is 12.4 Å². The van der Waals surface area contributed by atoms with Gasteiger partial charge in [0.2, 0.25) is 0 Å². The van der Waals surface area contributed by atoms with Crippen molar-refractivity contribution >= 4 is 17.9 Å². The van der Waals surface area contributed by atoms with Crippen molar-refractivity contribution in [3.05, 3.63) is 47.9 Å². The molecule has 0 saturated carbocycles.